The predicted octanol–water partition coefficient (Wildman–Crippen LogP) is -0.522. The van der Waals surface area contributed by atoms with E-state index in [0.29, 0.717) is 13.1 Å². The topological polar surface area (TPSA) is 113 Å². The molecule has 8 nitrogen and oxygen atoms in total. The first-order chi connectivity index (χ1) is 9.10. The van der Waals surface area contributed by atoms with E-state index in [1.54, 1.807) is 0 Å². The van der Waals surface area contributed by atoms with Crippen molar-refractivity contribution in [2.75, 3.05) is 26.2 Å². The summed E-state index contributed by atoms with van der Waals surface area (Å²) in [4.78, 5) is 36.5. The summed E-state index contributed by atoms with van der Waals surface area (Å²) >= 11 is 0. The summed E-state index contributed by atoms with van der Waals surface area (Å²) < 4.78 is 5.68. The van der Waals surface area contributed by atoms with Gasteiger partial charge in [0.1, 0.15) is 13.1 Å². The zero-order chi connectivity index (χ0) is 15.5. The van der Waals surface area contributed by atoms with Crippen molar-refractivity contribution in [2.45, 2.75) is 32.5 Å². The first kappa shape index (κ1) is 16.2. The zero-order valence-electron chi connectivity index (χ0n) is 12.0. The molecule has 3 N–H and O–H groups in total. The van der Waals surface area contributed by atoms with Gasteiger partial charge in [0.05, 0.1) is 18.2 Å². The number of hydrogen-bond donors (Lipinski definition) is 2. The third kappa shape index (κ3) is 4.69. The molecule has 114 valence electrons. The molecule has 0 aliphatic carbocycles. The third-order valence-corrected chi connectivity index (χ3v) is 2.78. The first-order valence-electron chi connectivity index (χ1n) is 6.32. The minimum atomic E-state index is -1.19. The largest absolute Gasteiger partial charge is 0.480 e. The second kappa shape index (κ2) is 6.08. The molecular weight excluding hydrogens is 266 g/mol. The van der Waals surface area contributed by atoms with Crippen molar-refractivity contribution < 1.29 is 24.2 Å². The smallest absolute Gasteiger partial charge is 0.323 e. The van der Waals surface area contributed by atoms with Crippen molar-refractivity contribution in [3.63, 3.8) is 0 Å². The highest BCUT2D eigenvalue weighted by atomic mass is 16.5. The summed E-state index contributed by atoms with van der Waals surface area (Å²) in [5, 5.41) is 8.81. The van der Waals surface area contributed by atoms with Crippen LogP contribution >= 0.6 is 0 Å². The molecule has 8 heteroatoms. The number of aliphatic carboxylic acids is 1. The average Bonchev–Trinajstić information content (AvgIpc) is 2.22. The van der Waals surface area contributed by atoms with Crippen molar-refractivity contribution in [1.29, 1.82) is 0 Å². The normalized spacial score (nSPS) is 21.4. The van der Waals surface area contributed by atoms with Crippen LogP contribution in [0.2, 0.25) is 0 Å². The summed E-state index contributed by atoms with van der Waals surface area (Å²) in [5.74, 6) is -1.94. The molecule has 0 radical (unpaired) electrons. The van der Waals surface area contributed by atoms with Crippen molar-refractivity contribution in [2.24, 2.45) is 5.73 Å². The van der Waals surface area contributed by atoms with E-state index in [1.165, 1.54) is 4.90 Å². The number of carboxylic acids is 1. The minimum Gasteiger partial charge on any atom is -0.480 e. The van der Waals surface area contributed by atoms with E-state index in [1.807, 2.05) is 20.8 Å². The van der Waals surface area contributed by atoms with Crippen molar-refractivity contribution in [1.82, 2.24) is 9.80 Å². The molecule has 20 heavy (non-hydrogen) atoms. The number of urea groups is 1. The fraction of sp³-hybridized carbons (Fsp3) is 0.750. The number of amides is 3. The number of ether oxygens (including phenoxy) is 1. The fourth-order valence-electron chi connectivity index (χ4n) is 2.34. The summed E-state index contributed by atoms with van der Waals surface area (Å²) in [6, 6.07) is -0.519. The van der Waals surface area contributed by atoms with Crippen molar-refractivity contribution in [3.8, 4) is 0 Å². The van der Waals surface area contributed by atoms with E-state index >= 15 is 0 Å². The number of carboxylic acid groups (broad SMARTS) is 1. The molecule has 1 rings (SSSR count). The number of hydrogen-bond acceptors (Lipinski definition) is 4. The molecule has 0 spiro atoms. The van der Waals surface area contributed by atoms with Crippen LogP contribution in [0.1, 0.15) is 20.8 Å². The average molecular weight is 287 g/mol. The lowest BCUT2D eigenvalue weighted by Crippen LogP contribution is -2.58. The highest BCUT2D eigenvalue weighted by Gasteiger charge is 2.36. The number of morpholine rings is 1. The van der Waals surface area contributed by atoms with Gasteiger partial charge in [-0.15, -0.1) is 0 Å². The van der Waals surface area contributed by atoms with Crippen LogP contribution in [-0.2, 0) is 14.3 Å². The summed E-state index contributed by atoms with van der Waals surface area (Å²) in [6.07, 6.45) is -0.164. The molecule has 0 saturated carbocycles. The molecule has 0 aromatic rings. The number of nitrogens with two attached hydrogens (primary N) is 1. The van der Waals surface area contributed by atoms with Crippen molar-refractivity contribution in [3.05, 3.63) is 0 Å². The maximum atomic E-state index is 12.3. The number of rotatable bonds is 4. The molecule has 0 aromatic heterocycles. The highest BCUT2D eigenvalue weighted by Crippen LogP contribution is 2.21. The van der Waals surface area contributed by atoms with Gasteiger partial charge in [-0.3, -0.25) is 9.59 Å². The summed E-state index contributed by atoms with van der Waals surface area (Å²) in [7, 11) is 0. The Bertz CT molecular complexity index is 394. The second-order valence-corrected chi connectivity index (χ2v) is 5.57. The Morgan fingerprint density at radius 2 is 2.00 bits per heavy atom. The molecule has 1 fully saturated rings. The Hall–Kier alpha value is -1.83. The predicted molar refractivity (Wildman–Crippen MR) is 70.0 cm³/mol. The Labute approximate surface area is 117 Å². The number of primary amides is 1. The Balaban J connectivity index is 2.82. The van der Waals surface area contributed by atoms with Gasteiger partial charge in [-0.2, -0.15) is 0 Å². The van der Waals surface area contributed by atoms with Crippen molar-refractivity contribution >= 4 is 17.9 Å². The van der Waals surface area contributed by atoms with Crippen LogP contribution in [0, 0.1) is 0 Å². The number of carbonyl (C=O) groups excluding carboxylic acids is 2. The van der Waals surface area contributed by atoms with Crippen LogP contribution in [0.3, 0.4) is 0 Å². The molecule has 0 bridgehead atoms. The minimum absolute atomic E-state index is 0.164. The molecule has 1 atom stereocenters. The fourth-order valence-corrected chi connectivity index (χ4v) is 2.34. The summed E-state index contributed by atoms with van der Waals surface area (Å²) in [6.45, 7) is 5.21. The van der Waals surface area contributed by atoms with Crippen LogP contribution in [0.15, 0.2) is 0 Å². The van der Waals surface area contributed by atoms with Gasteiger partial charge in [-0.05, 0) is 20.8 Å². The maximum absolute atomic E-state index is 12.3. The second-order valence-electron chi connectivity index (χ2n) is 5.57. The van der Waals surface area contributed by atoms with Gasteiger partial charge < -0.3 is 25.4 Å². The molecule has 1 saturated heterocycles. The van der Waals surface area contributed by atoms with E-state index in [4.69, 9.17) is 15.6 Å². The molecule has 1 unspecified atom stereocenters. The quantitative estimate of drug-likeness (QED) is 0.722. The van der Waals surface area contributed by atoms with Gasteiger partial charge >= 0.3 is 12.0 Å². The molecule has 1 heterocycles. The van der Waals surface area contributed by atoms with Crippen LogP contribution in [0.25, 0.3) is 0 Å². The van der Waals surface area contributed by atoms with Gasteiger partial charge in [-0.1, -0.05) is 0 Å². The first-order valence-corrected chi connectivity index (χ1v) is 6.32. The lowest BCUT2D eigenvalue weighted by atomic mass is 10.1. The van der Waals surface area contributed by atoms with Crippen LogP contribution in [0.4, 0.5) is 4.79 Å². The lowest BCUT2D eigenvalue weighted by molar-refractivity contribution is -0.138. The third-order valence-electron chi connectivity index (χ3n) is 2.78. The van der Waals surface area contributed by atoms with Gasteiger partial charge in [0, 0.05) is 6.54 Å². The molecular formula is C12H21N3O5. The maximum Gasteiger partial charge on any atom is 0.323 e. The van der Waals surface area contributed by atoms with Crippen LogP contribution in [0.5, 0.6) is 0 Å². The van der Waals surface area contributed by atoms with E-state index in [-0.39, 0.29) is 6.10 Å². The highest BCUT2D eigenvalue weighted by molar-refractivity contribution is 5.86. The monoisotopic (exact) mass is 287 g/mol. The Morgan fingerprint density at radius 1 is 1.40 bits per heavy atom. The SMILES string of the molecule is CC1CN(C(=O)N(CC(N)=O)CC(=O)O)CC(C)(C)O1. The lowest BCUT2D eigenvalue weighted by Gasteiger charge is -2.43. The van der Waals surface area contributed by atoms with Gasteiger partial charge in [-0.25, -0.2) is 4.79 Å². The number of nitrogens with zero attached hydrogens (tertiary/aromatic N) is 2. The molecule has 3 amide bonds. The Kier molecular flexibility index (Phi) is 4.93. The Morgan fingerprint density at radius 3 is 2.45 bits per heavy atom. The zero-order valence-corrected chi connectivity index (χ0v) is 12.0. The molecule has 1 aliphatic rings. The van der Waals surface area contributed by atoms with Crippen LogP contribution < -0.4 is 5.73 Å². The van der Waals surface area contributed by atoms with E-state index < -0.39 is 36.6 Å². The molecule has 1 aliphatic heterocycles. The standard InChI is InChI=1S/C12H21N3O5/c1-8-4-15(7-12(2,3)20-8)11(19)14(5-9(13)16)6-10(17)18/h8H,4-7H2,1-3H3,(H2,13,16)(H,17,18). The van der Waals surface area contributed by atoms with Gasteiger partial charge in [0.25, 0.3) is 0 Å². The number of carbonyl (C=O) groups is 3. The van der Waals surface area contributed by atoms with E-state index in [0.717, 1.165) is 4.90 Å². The molecule has 0 aromatic carbocycles. The summed E-state index contributed by atoms with van der Waals surface area (Å²) in [5.41, 5.74) is 4.53. The van der Waals surface area contributed by atoms with E-state index in [9.17, 15) is 14.4 Å². The van der Waals surface area contributed by atoms with E-state index in [2.05, 4.69) is 0 Å². The van der Waals surface area contributed by atoms with Gasteiger partial charge in [0.15, 0.2) is 0 Å². The van der Waals surface area contributed by atoms with Crippen LogP contribution in [-0.4, -0.2) is 70.7 Å². The van der Waals surface area contributed by atoms with Gasteiger partial charge in [0.2, 0.25) is 5.91 Å².